The molecule has 96 valence electrons. The summed E-state index contributed by atoms with van der Waals surface area (Å²) in [7, 11) is 1.72. The summed E-state index contributed by atoms with van der Waals surface area (Å²) in [6.45, 7) is 9.57. The molecule has 0 radical (unpaired) electrons. The fraction of sp³-hybridized carbons (Fsp3) is 0.600. The van der Waals surface area contributed by atoms with Gasteiger partial charge >= 0.3 is 0 Å². The largest absolute Gasteiger partial charge is 0.496 e. The van der Waals surface area contributed by atoms with Crippen molar-refractivity contribution < 1.29 is 4.74 Å². The van der Waals surface area contributed by atoms with Crippen LogP contribution in [0.5, 0.6) is 5.75 Å². The second kappa shape index (κ2) is 6.06. The number of benzene rings is 1. The van der Waals surface area contributed by atoms with Gasteiger partial charge in [-0.05, 0) is 61.4 Å². The van der Waals surface area contributed by atoms with Gasteiger partial charge < -0.3 is 10.5 Å². The molecule has 2 heteroatoms. The highest BCUT2D eigenvalue weighted by molar-refractivity contribution is 5.45. The lowest BCUT2D eigenvalue weighted by atomic mass is 9.82. The summed E-state index contributed by atoms with van der Waals surface area (Å²) in [5.41, 5.74) is 9.73. The van der Waals surface area contributed by atoms with E-state index in [0.29, 0.717) is 11.8 Å². The molecule has 1 rings (SSSR count). The van der Waals surface area contributed by atoms with Crippen LogP contribution in [-0.4, -0.2) is 13.7 Å². The number of rotatable bonds is 5. The first-order valence-electron chi connectivity index (χ1n) is 6.37. The summed E-state index contributed by atoms with van der Waals surface area (Å²) >= 11 is 0. The fourth-order valence-electron chi connectivity index (χ4n) is 2.47. The second-order valence-corrected chi connectivity index (χ2v) is 5.03. The molecule has 2 nitrogen and oxygen atoms in total. The van der Waals surface area contributed by atoms with E-state index in [1.807, 2.05) is 0 Å². The molecular formula is C15H25NO. The molecule has 0 fully saturated rings. The molecular weight excluding hydrogens is 210 g/mol. The molecule has 1 unspecified atom stereocenters. The number of nitrogens with two attached hydrogens (primary N) is 1. The van der Waals surface area contributed by atoms with E-state index in [2.05, 4.69) is 39.8 Å². The Hall–Kier alpha value is -1.02. The number of methoxy groups -OCH3 is 1. The standard InChI is InChI=1S/C15H25NO/c1-10(2)13(8-9-16)14-6-7-15(17-5)12(4)11(14)3/h6-7,10,13H,8-9,16H2,1-5H3. The average molecular weight is 235 g/mol. The van der Waals surface area contributed by atoms with Crippen molar-refractivity contribution in [3.05, 3.63) is 28.8 Å². The Balaban J connectivity index is 3.16. The third kappa shape index (κ3) is 3.01. The van der Waals surface area contributed by atoms with Crippen molar-refractivity contribution in [1.29, 1.82) is 0 Å². The maximum Gasteiger partial charge on any atom is 0.122 e. The first-order chi connectivity index (χ1) is 8.02. The Bertz CT molecular complexity index is 371. The zero-order valence-corrected chi connectivity index (χ0v) is 11.7. The summed E-state index contributed by atoms with van der Waals surface area (Å²) in [6.07, 6.45) is 1.05. The molecule has 0 bridgehead atoms. The Morgan fingerprint density at radius 2 is 1.82 bits per heavy atom. The smallest absolute Gasteiger partial charge is 0.122 e. The van der Waals surface area contributed by atoms with Gasteiger partial charge in [-0.15, -0.1) is 0 Å². The minimum Gasteiger partial charge on any atom is -0.496 e. The van der Waals surface area contributed by atoms with E-state index < -0.39 is 0 Å². The van der Waals surface area contributed by atoms with E-state index in [1.165, 1.54) is 16.7 Å². The molecule has 0 aliphatic rings. The molecule has 0 saturated heterocycles. The molecule has 2 N–H and O–H groups in total. The van der Waals surface area contributed by atoms with Crippen molar-refractivity contribution in [2.75, 3.05) is 13.7 Å². The van der Waals surface area contributed by atoms with Crippen LogP contribution in [-0.2, 0) is 0 Å². The molecule has 0 heterocycles. The average Bonchev–Trinajstić information content (AvgIpc) is 2.30. The molecule has 17 heavy (non-hydrogen) atoms. The van der Waals surface area contributed by atoms with Gasteiger partial charge in [0.25, 0.3) is 0 Å². The van der Waals surface area contributed by atoms with Gasteiger partial charge in [0.2, 0.25) is 0 Å². The van der Waals surface area contributed by atoms with Crippen molar-refractivity contribution in [2.45, 2.75) is 40.0 Å². The van der Waals surface area contributed by atoms with Gasteiger partial charge in [0.15, 0.2) is 0 Å². The van der Waals surface area contributed by atoms with E-state index >= 15 is 0 Å². The van der Waals surface area contributed by atoms with Crippen molar-refractivity contribution >= 4 is 0 Å². The highest BCUT2D eigenvalue weighted by Gasteiger charge is 2.18. The van der Waals surface area contributed by atoms with Gasteiger partial charge in [-0.2, -0.15) is 0 Å². The van der Waals surface area contributed by atoms with Gasteiger partial charge in [-0.3, -0.25) is 0 Å². The zero-order valence-electron chi connectivity index (χ0n) is 11.7. The van der Waals surface area contributed by atoms with Crippen LogP contribution in [0.3, 0.4) is 0 Å². The lowest BCUT2D eigenvalue weighted by Gasteiger charge is -2.24. The maximum atomic E-state index is 5.72. The number of ether oxygens (including phenoxy) is 1. The van der Waals surface area contributed by atoms with E-state index in [4.69, 9.17) is 10.5 Å². The summed E-state index contributed by atoms with van der Waals surface area (Å²) in [5.74, 6) is 2.14. The second-order valence-electron chi connectivity index (χ2n) is 5.03. The van der Waals surface area contributed by atoms with Crippen LogP contribution in [0.4, 0.5) is 0 Å². The minimum atomic E-state index is 0.546. The molecule has 0 aliphatic carbocycles. The summed E-state index contributed by atoms with van der Waals surface area (Å²) in [5, 5.41) is 0. The van der Waals surface area contributed by atoms with Crippen LogP contribution in [0.15, 0.2) is 12.1 Å². The third-order valence-electron chi connectivity index (χ3n) is 3.68. The maximum absolute atomic E-state index is 5.72. The Morgan fingerprint density at radius 3 is 2.29 bits per heavy atom. The van der Waals surface area contributed by atoms with Crippen molar-refractivity contribution in [3.8, 4) is 5.75 Å². The Labute approximate surface area is 105 Å². The molecule has 0 saturated carbocycles. The van der Waals surface area contributed by atoms with E-state index in [1.54, 1.807) is 7.11 Å². The molecule has 1 aromatic carbocycles. The van der Waals surface area contributed by atoms with Gasteiger partial charge in [0.1, 0.15) is 5.75 Å². The van der Waals surface area contributed by atoms with Crippen molar-refractivity contribution in [2.24, 2.45) is 11.7 Å². The van der Waals surface area contributed by atoms with Gasteiger partial charge in [0, 0.05) is 0 Å². The topological polar surface area (TPSA) is 35.2 Å². The predicted octanol–water partition coefficient (Wildman–Crippen LogP) is 3.40. The summed E-state index contributed by atoms with van der Waals surface area (Å²) in [4.78, 5) is 0. The summed E-state index contributed by atoms with van der Waals surface area (Å²) < 4.78 is 5.36. The first kappa shape index (κ1) is 14.0. The number of hydrogen-bond donors (Lipinski definition) is 1. The van der Waals surface area contributed by atoms with Crippen LogP contribution in [0, 0.1) is 19.8 Å². The monoisotopic (exact) mass is 235 g/mol. The van der Waals surface area contributed by atoms with Gasteiger partial charge in [-0.1, -0.05) is 19.9 Å². The van der Waals surface area contributed by atoms with Crippen LogP contribution < -0.4 is 10.5 Å². The van der Waals surface area contributed by atoms with Crippen LogP contribution in [0.2, 0.25) is 0 Å². The zero-order chi connectivity index (χ0) is 13.0. The lowest BCUT2D eigenvalue weighted by molar-refractivity contribution is 0.409. The normalized spacial score (nSPS) is 12.9. The summed E-state index contributed by atoms with van der Waals surface area (Å²) in [6, 6.07) is 4.27. The lowest BCUT2D eigenvalue weighted by Crippen LogP contribution is -2.14. The Morgan fingerprint density at radius 1 is 1.18 bits per heavy atom. The molecule has 0 aliphatic heterocycles. The van der Waals surface area contributed by atoms with Crippen LogP contribution >= 0.6 is 0 Å². The molecule has 0 spiro atoms. The SMILES string of the molecule is COc1ccc(C(CCN)C(C)C)c(C)c1C. The molecule has 0 amide bonds. The minimum absolute atomic E-state index is 0.546. The quantitative estimate of drug-likeness (QED) is 0.849. The highest BCUT2D eigenvalue weighted by atomic mass is 16.5. The molecule has 0 aromatic heterocycles. The molecule has 1 aromatic rings. The highest BCUT2D eigenvalue weighted by Crippen LogP contribution is 2.34. The van der Waals surface area contributed by atoms with Crippen molar-refractivity contribution in [1.82, 2.24) is 0 Å². The number of hydrogen-bond acceptors (Lipinski definition) is 2. The third-order valence-corrected chi connectivity index (χ3v) is 3.68. The van der Waals surface area contributed by atoms with Crippen molar-refractivity contribution in [3.63, 3.8) is 0 Å². The Kier molecular flexibility index (Phi) is 5.01. The molecule has 1 atom stereocenters. The van der Waals surface area contributed by atoms with E-state index in [0.717, 1.165) is 18.7 Å². The van der Waals surface area contributed by atoms with Crippen LogP contribution in [0.1, 0.15) is 42.9 Å². The van der Waals surface area contributed by atoms with Crippen LogP contribution in [0.25, 0.3) is 0 Å². The fourth-order valence-corrected chi connectivity index (χ4v) is 2.47. The van der Waals surface area contributed by atoms with Gasteiger partial charge in [0.05, 0.1) is 7.11 Å². The predicted molar refractivity (Wildman–Crippen MR) is 73.7 cm³/mol. The van der Waals surface area contributed by atoms with Gasteiger partial charge in [-0.25, -0.2) is 0 Å². The van der Waals surface area contributed by atoms with E-state index in [9.17, 15) is 0 Å². The van der Waals surface area contributed by atoms with E-state index in [-0.39, 0.29) is 0 Å². The first-order valence-corrected chi connectivity index (χ1v) is 6.37.